The normalized spacial score (nSPS) is 17.4. The van der Waals surface area contributed by atoms with Crippen molar-refractivity contribution in [2.75, 3.05) is 19.6 Å². The van der Waals surface area contributed by atoms with Crippen LogP contribution in [0.15, 0.2) is 77.7 Å². The van der Waals surface area contributed by atoms with E-state index in [-0.39, 0.29) is 12.4 Å². The average molecular weight is 483 g/mol. The van der Waals surface area contributed by atoms with E-state index in [1.807, 2.05) is 42.5 Å². The fraction of sp³-hybridized carbons (Fsp3) is 0.333. The highest BCUT2D eigenvalue weighted by Crippen LogP contribution is 2.41. The summed E-state index contributed by atoms with van der Waals surface area (Å²) in [5.41, 5.74) is 6.30. The van der Waals surface area contributed by atoms with Crippen LogP contribution in [-0.4, -0.2) is 33.0 Å². The van der Waals surface area contributed by atoms with Gasteiger partial charge >= 0.3 is 0 Å². The number of benzene rings is 3. The molecule has 0 bridgehead atoms. The molecule has 1 unspecified atom stereocenters. The molecule has 6 heteroatoms. The van der Waals surface area contributed by atoms with Gasteiger partial charge in [0.2, 0.25) is 10.0 Å². The molecule has 1 aliphatic heterocycles. The molecule has 0 saturated heterocycles. The average Bonchev–Trinajstić information content (AvgIpc) is 3.27. The van der Waals surface area contributed by atoms with Gasteiger partial charge in [0, 0.05) is 24.7 Å². The van der Waals surface area contributed by atoms with Crippen LogP contribution in [-0.2, 0) is 22.9 Å². The van der Waals surface area contributed by atoms with E-state index in [1.54, 1.807) is 17.7 Å². The maximum Gasteiger partial charge on any atom is 0.241 e. The second-order valence-corrected chi connectivity index (χ2v) is 10.5. The fourth-order valence-electron chi connectivity index (χ4n) is 5.30. The van der Waals surface area contributed by atoms with Crippen molar-refractivity contribution in [2.24, 2.45) is 0 Å². The lowest BCUT2D eigenvalue weighted by molar-refractivity contribution is 0.182. The third-order valence-electron chi connectivity index (χ3n) is 6.84. The molecule has 1 heterocycles. The van der Waals surface area contributed by atoms with E-state index in [4.69, 9.17) is 0 Å². The first-order chi connectivity index (χ1) is 15.6. The van der Waals surface area contributed by atoms with E-state index in [0.717, 1.165) is 43.5 Å². The third-order valence-corrected chi connectivity index (χ3v) is 8.36. The number of halogens is 1. The Labute approximate surface area is 203 Å². The molecule has 5 rings (SSSR count). The Morgan fingerprint density at radius 3 is 2.39 bits per heavy atom. The van der Waals surface area contributed by atoms with Gasteiger partial charge in [-0.25, -0.2) is 13.1 Å². The van der Waals surface area contributed by atoms with Crippen molar-refractivity contribution in [1.82, 2.24) is 9.62 Å². The van der Waals surface area contributed by atoms with Crippen LogP contribution in [0.3, 0.4) is 0 Å². The first-order valence-electron chi connectivity index (χ1n) is 11.6. The topological polar surface area (TPSA) is 49.4 Å². The van der Waals surface area contributed by atoms with Crippen molar-refractivity contribution in [1.29, 1.82) is 0 Å². The van der Waals surface area contributed by atoms with Crippen molar-refractivity contribution < 1.29 is 8.42 Å². The summed E-state index contributed by atoms with van der Waals surface area (Å²) in [5, 5.41) is 0. The van der Waals surface area contributed by atoms with Gasteiger partial charge in [-0.15, -0.1) is 12.4 Å². The number of nitrogens with zero attached hydrogens (tertiary/aromatic N) is 1. The molecule has 0 radical (unpaired) electrons. The Balaban J connectivity index is 0.00000259. The Morgan fingerprint density at radius 2 is 1.58 bits per heavy atom. The van der Waals surface area contributed by atoms with Crippen molar-refractivity contribution in [3.8, 4) is 11.1 Å². The summed E-state index contributed by atoms with van der Waals surface area (Å²) >= 11 is 0. The molecule has 174 valence electrons. The predicted octanol–water partition coefficient (Wildman–Crippen LogP) is 5.38. The maximum absolute atomic E-state index is 13.0. The van der Waals surface area contributed by atoms with Crippen LogP contribution >= 0.6 is 12.4 Å². The molecule has 0 spiro atoms. The number of hydrogen-bond acceptors (Lipinski definition) is 3. The molecule has 4 nitrogen and oxygen atoms in total. The number of nitrogens with one attached hydrogen (secondary N) is 1. The summed E-state index contributed by atoms with van der Waals surface area (Å²) in [7, 11) is -3.56. The first kappa shape index (κ1) is 24.0. The zero-order valence-electron chi connectivity index (χ0n) is 18.7. The Bertz CT molecular complexity index is 1200. The highest BCUT2D eigenvalue weighted by Gasteiger charge is 2.32. The summed E-state index contributed by atoms with van der Waals surface area (Å²) in [5.74, 6) is 0. The predicted molar refractivity (Wildman–Crippen MR) is 136 cm³/mol. The van der Waals surface area contributed by atoms with Crippen LogP contribution < -0.4 is 4.72 Å². The van der Waals surface area contributed by atoms with E-state index in [1.165, 1.54) is 24.0 Å². The van der Waals surface area contributed by atoms with Crippen LogP contribution in [0, 0.1) is 0 Å². The standard InChI is InChI=1S/C27H30N2O2S.ClH/c30-32(31,26-14-5-4-13-24(26)21-9-2-1-3-10-21)28-18-6-7-19-29-20-17-23-12-8-11-22-15-16-25(29)27(22)23;/h1-5,8-14,25,28H,6-7,15-20H2;1H. The number of unbranched alkanes of at least 4 members (excludes halogenated alkanes) is 1. The van der Waals surface area contributed by atoms with E-state index >= 15 is 0 Å². The van der Waals surface area contributed by atoms with E-state index in [2.05, 4.69) is 27.8 Å². The third kappa shape index (κ3) is 5.02. The number of aryl methyl sites for hydroxylation is 1. The second kappa shape index (κ2) is 10.4. The molecule has 1 aliphatic carbocycles. The van der Waals surface area contributed by atoms with E-state index in [9.17, 15) is 8.42 Å². The summed E-state index contributed by atoms with van der Waals surface area (Å²) in [6.07, 6.45) is 5.37. The molecule has 2 aliphatic rings. The minimum atomic E-state index is -3.56. The van der Waals surface area contributed by atoms with Crippen molar-refractivity contribution in [3.63, 3.8) is 0 Å². The van der Waals surface area contributed by atoms with E-state index < -0.39 is 10.0 Å². The minimum Gasteiger partial charge on any atom is -0.296 e. The van der Waals surface area contributed by atoms with Crippen molar-refractivity contribution in [2.45, 2.75) is 43.0 Å². The Hall–Kier alpha value is -2.18. The van der Waals surface area contributed by atoms with Gasteiger partial charge in [-0.05, 0) is 67.0 Å². The maximum atomic E-state index is 13.0. The zero-order chi connectivity index (χ0) is 22.0. The molecule has 1 N–H and O–H groups in total. The molecule has 3 aromatic carbocycles. The van der Waals surface area contributed by atoms with Gasteiger partial charge in [0.15, 0.2) is 0 Å². The number of rotatable bonds is 8. The largest absolute Gasteiger partial charge is 0.296 e. The van der Waals surface area contributed by atoms with Gasteiger partial charge in [-0.2, -0.15) is 0 Å². The fourth-order valence-corrected chi connectivity index (χ4v) is 6.60. The van der Waals surface area contributed by atoms with Crippen LogP contribution in [0.1, 0.15) is 42.0 Å². The molecule has 3 aromatic rings. The lowest BCUT2D eigenvalue weighted by Crippen LogP contribution is -2.35. The molecule has 0 aromatic heterocycles. The quantitative estimate of drug-likeness (QED) is 0.438. The van der Waals surface area contributed by atoms with Gasteiger partial charge in [-0.1, -0.05) is 66.7 Å². The highest BCUT2D eigenvalue weighted by molar-refractivity contribution is 7.89. The zero-order valence-corrected chi connectivity index (χ0v) is 20.4. The van der Waals surface area contributed by atoms with Gasteiger partial charge < -0.3 is 0 Å². The molecule has 33 heavy (non-hydrogen) atoms. The molecule has 1 atom stereocenters. The lowest BCUT2D eigenvalue weighted by atomic mass is 9.93. The molecular weight excluding hydrogens is 452 g/mol. The number of hydrogen-bond donors (Lipinski definition) is 1. The molecular formula is C27H31ClN2O2S. The molecule has 0 amide bonds. The summed E-state index contributed by atoms with van der Waals surface area (Å²) in [4.78, 5) is 2.95. The molecule has 0 fully saturated rings. The lowest BCUT2D eigenvalue weighted by Gasteiger charge is -2.35. The second-order valence-electron chi connectivity index (χ2n) is 8.80. The van der Waals surface area contributed by atoms with Crippen LogP contribution in [0.4, 0.5) is 0 Å². The monoisotopic (exact) mass is 482 g/mol. The molecule has 0 saturated carbocycles. The summed E-state index contributed by atoms with van der Waals surface area (Å²) < 4.78 is 28.9. The van der Waals surface area contributed by atoms with Crippen LogP contribution in [0.5, 0.6) is 0 Å². The van der Waals surface area contributed by atoms with Crippen LogP contribution in [0.2, 0.25) is 0 Å². The Kier molecular flexibility index (Phi) is 7.55. The van der Waals surface area contributed by atoms with Crippen molar-refractivity contribution >= 4 is 22.4 Å². The van der Waals surface area contributed by atoms with Gasteiger partial charge in [-0.3, -0.25) is 4.90 Å². The first-order valence-corrected chi connectivity index (χ1v) is 13.1. The SMILES string of the molecule is Cl.O=S(=O)(NCCCCN1CCc2cccc3c2C1CC3)c1ccccc1-c1ccccc1. The highest BCUT2D eigenvalue weighted by atomic mass is 35.5. The smallest absolute Gasteiger partial charge is 0.241 e. The van der Waals surface area contributed by atoms with E-state index in [0.29, 0.717) is 17.5 Å². The Morgan fingerprint density at radius 1 is 0.848 bits per heavy atom. The van der Waals surface area contributed by atoms with Crippen molar-refractivity contribution in [3.05, 3.63) is 89.5 Å². The van der Waals surface area contributed by atoms with Crippen LogP contribution in [0.25, 0.3) is 11.1 Å². The van der Waals surface area contributed by atoms with Gasteiger partial charge in [0.1, 0.15) is 0 Å². The van der Waals surface area contributed by atoms with Gasteiger partial charge in [0.05, 0.1) is 4.90 Å². The minimum absolute atomic E-state index is 0. The number of sulfonamides is 1. The van der Waals surface area contributed by atoms with Gasteiger partial charge in [0.25, 0.3) is 0 Å². The summed E-state index contributed by atoms with van der Waals surface area (Å²) in [6.45, 7) is 2.60. The summed E-state index contributed by atoms with van der Waals surface area (Å²) in [6, 6.07) is 24.2.